The van der Waals surface area contributed by atoms with Gasteiger partial charge in [-0.25, -0.2) is 4.79 Å². The topological polar surface area (TPSA) is 117 Å². The zero-order valence-corrected chi connectivity index (χ0v) is 16.0. The minimum Gasteiger partial charge on any atom is -0.342 e. The summed E-state index contributed by atoms with van der Waals surface area (Å²) < 4.78 is 30.0. The Morgan fingerprint density at radius 1 is 1.31 bits per heavy atom. The predicted octanol–water partition coefficient (Wildman–Crippen LogP) is 2.00. The van der Waals surface area contributed by atoms with Crippen molar-refractivity contribution in [3.63, 3.8) is 0 Å². The minimum atomic E-state index is -2.90. The molecule has 2 atom stereocenters. The van der Waals surface area contributed by atoms with E-state index in [1.807, 2.05) is 6.92 Å². The van der Waals surface area contributed by atoms with Crippen LogP contribution in [-0.4, -0.2) is 45.0 Å². The van der Waals surface area contributed by atoms with Gasteiger partial charge in [-0.3, -0.25) is 14.5 Å². The summed E-state index contributed by atoms with van der Waals surface area (Å²) >= 11 is 0. The van der Waals surface area contributed by atoms with E-state index < -0.39 is 41.9 Å². The second-order valence-electron chi connectivity index (χ2n) is 8.18. The molecule has 2 saturated carbocycles. The number of aromatic nitrogens is 2. The zero-order chi connectivity index (χ0) is 20.8. The molecule has 2 N–H and O–H groups in total. The van der Waals surface area contributed by atoms with Crippen molar-refractivity contribution in [2.75, 3.05) is 6.54 Å². The lowest BCUT2D eigenvalue weighted by Gasteiger charge is -2.40. The summed E-state index contributed by atoms with van der Waals surface area (Å²) in [6, 6.07) is -0.582. The van der Waals surface area contributed by atoms with Crippen molar-refractivity contribution in [1.82, 2.24) is 25.7 Å². The van der Waals surface area contributed by atoms with Crippen LogP contribution in [0.15, 0.2) is 4.52 Å². The highest BCUT2D eigenvalue weighted by molar-refractivity contribution is 6.09. The second kappa shape index (κ2) is 7.03. The maximum Gasteiger partial charge on any atom is 0.325 e. The van der Waals surface area contributed by atoms with E-state index in [4.69, 9.17) is 0 Å². The summed E-state index contributed by atoms with van der Waals surface area (Å²) in [5.41, 5.74) is -1.95. The van der Waals surface area contributed by atoms with E-state index in [-0.39, 0.29) is 17.6 Å². The smallest absolute Gasteiger partial charge is 0.325 e. The molecular weight excluding hydrogens is 388 g/mol. The van der Waals surface area contributed by atoms with E-state index in [0.717, 1.165) is 30.6 Å². The maximum atomic E-state index is 13.0. The van der Waals surface area contributed by atoms with Gasteiger partial charge in [-0.05, 0) is 38.0 Å². The number of carbonyl (C=O) groups excluding carboxylic acids is 3. The molecule has 0 bridgehead atoms. The van der Waals surface area contributed by atoms with Gasteiger partial charge in [0.05, 0.1) is 0 Å². The average Bonchev–Trinajstić information content (AvgIpc) is 3.22. The number of nitrogens with one attached hydrogen (secondary N) is 2. The fraction of sp³-hybridized carbons (Fsp3) is 0.722. The lowest BCUT2D eigenvalue weighted by molar-refractivity contribution is -0.138. The molecule has 9 nitrogen and oxygen atoms in total. The van der Waals surface area contributed by atoms with E-state index in [9.17, 15) is 23.2 Å². The van der Waals surface area contributed by atoms with Crippen molar-refractivity contribution < 1.29 is 27.7 Å². The Balaban J connectivity index is 1.46. The van der Waals surface area contributed by atoms with Crippen molar-refractivity contribution in [2.24, 2.45) is 5.92 Å². The zero-order valence-electron chi connectivity index (χ0n) is 16.0. The van der Waals surface area contributed by atoms with Gasteiger partial charge in [-0.15, -0.1) is 0 Å². The number of hydrogen-bond donors (Lipinski definition) is 2. The molecule has 1 aromatic rings. The molecule has 1 aliphatic heterocycles. The SMILES string of the molecule is CC1CCCCC12NC(=O)N(CC(=O)NC1(c3noc(C(F)F)n3)CCC1)C2=O. The first-order valence-corrected chi connectivity index (χ1v) is 9.85. The Kier molecular flexibility index (Phi) is 4.78. The number of urea groups is 1. The third-order valence-electron chi connectivity index (χ3n) is 6.45. The van der Waals surface area contributed by atoms with Gasteiger partial charge in [-0.1, -0.05) is 24.9 Å². The van der Waals surface area contributed by atoms with Crippen LogP contribution in [0.25, 0.3) is 0 Å². The molecule has 1 aromatic heterocycles. The van der Waals surface area contributed by atoms with E-state index in [1.165, 1.54) is 0 Å². The van der Waals surface area contributed by atoms with Gasteiger partial charge in [0, 0.05) is 0 Å². The van der Waals surface area contributed by atoms with Crippen molar-refractivity contribution in [3.8, 4) is 0 Å². The first-order valence-electron chi connectivity index (χ1n) is 9.85. The lowest BCUT2D eigenvalue weighted by Crippen LogP contribution is -2.55. The van der Waals surface area contributed by atoms with Crippen molar-refractivity contribution in [3.05, 3.63) is 11.7 Å². The third kappa shape index (κ3) is 3.16. The fourth-order valence-electron chi connectivity index (χ4n) is 4.54. The summed E-state index contributed by atoms with van der Waals surface area (Å²) in [5.74, 6) is -1.78. The standard InChI is InChI=1S/C18H23F2N5O4/c1-10-5-2-3-8-18(10)15(27)25(16(28)23-18)9-11(26)22-17(6-4-7-17)14-21-13(12(19)20)29-24-14/h10,12H,2-9H2,1H3,(H,22,26)(H,23,28). The van der Waals surface area contributed by atoms with E-state index in [1.54, 1.807) is 0 Å². The van der Waals surface area contributed by atoms with Gasteiger partial charge >= 0.3 is 12.5 Å². The van der Waals surface area contributed by atoms with Gasteiger partial charge in [0.25, 0.3) is 11.8 Å². The first-order chi connectivity index (χ1) is 13.8. The largest absolute Gasteiger partial charge is 0.342 e. The van der Waals surface area contributed by atoms with E-state index >= 15 is 0 Å². The molecule has 1 saturated heterocycles. The Labute approximate surface area is 165 Å². The summed E-state index contributed by atoms with van der Waals surface area (Å²) in [4.78, 5) is 42.7. The molecule has 4 amide bonds. The number of imide groups is 1. The van der Waals surface area contributed by atoms with Crippen molar-refractivity contribution >= 4 is 17.8 Å². The maximum absolute atomic E-state index is 13.0. The molecule has 11 heteroatoms. The number of hydrogen-bond acceptors (Lipinski definition) is 6. The molecule has 2 unspecified atom stereocenters. The van der Waals surface area contributed by atoms with Crippen LogP contribution in [0.5, 0.6) is 0 Å². The molecule has 4 rings (SSSR count). The molecule has 0 aromatic carbocycles. The van der Waals surface area contributed by atoms with Crippen LogP contribution in [0.1, 0.15) is 70.0 Å². The van der Waals surface area contributed by atoms with E-state index in [0.29, 0.717) is 19.3 Å². The normalized spacial score (nSPS) is 28.6. The molecule has 1 spiro atoms. The Morgan fingerprint density at radius 3 is 2.66 bits per heavy atom. The molecule has 2 aliphatic carbocycles. The van der Waals surface area contributed by atoms with Crippen LogP contribution in [0.3, 0.4) is 0 Å². The Bertz CT molecular complexity index is 840. The third-order valence-corrected chi connectivity index (χ3v) is 6.45. The molecule has 2 heterocycles. The Morgan fingerprint density at radius 2 is 2.07 bits per heavy atom. The number of halogens is 2. The molecule has 158 valence electrons. The van der Waals surface area contributed by atoms with Crippen LogP contribution in [0, 0.1) is 5.92 Å². The second-order valence-corrected chi connectivity index (χ2v) is 8.18. The predicted molar refractivity (Wildman–Crippen MR) is 93.5 cm³/mol. The first kappa shape index (κ1) is 19.7. The van der Waals surface area contributed by atoms with Gasteiger partial charge in [-0.2, -0.15) is 13.8 Å². The van der Waals surface area contributed by atoms with Crippen molar-refractivity contribution in [2.45, 2.75) is 69.4 Å². The summed E-state index contributed by atoms with van der Waals surface area (Å²) in [5, 5.41) is 9.11. The van der Waals surface area contributed by atoms with Gasteiger partial charge in [0.1, 0.15) is 17.6 Å². The number of alkyl halides is 2. The highest BCUT2D eigenvalue weighted by Gasteiger charge is 2.55. The van der Waals surface area contributed by atoms with Gasteiger partial charge in [0.15, 0.2) is 5.82 Å². The average molecular weight is 411 g/mol. The summed E-state index contributed by atoms with van der Waals surface area (Å²) in [6.07, 6.45) is 2.00. The molecule has 3 fully saturated rings. The quantitative estimate of drug-likeness (QED) is 0.716. The van der Waals surface area contributed by atoms with Crippen LogP contribution in [0.4, 0.5) is 13.6 Å². The number of nitrogens with zero attached hydrogens (tertiary/aromatic N) is 3. The fourth-order valence-corrected chi connectivity index (χ4v) is 4.54. The lowest BCUT2D eigenvalue weighted by atomic mass is 9.73. The van der Waals surface area contributed by atoms with Crippen LogP contribution in [0.2, 0.25) is 0 Å². The number of rotatable bonds is 5. The van der Waals surface area contributed by atoms with Crippen LogP contribution in [-0.2, 0) is 15.1 Å². The van der Waals surface area contributed by atoms with Gasteiger partial charge < -0.3 is 15.2 Å². The Hall–Kier alpha value is -2.59. The molecule has 29 heavy (non-hydrogen) atoms. The molecular formula is C18H23F2N5O4. The van der Waals surface area contributed by atoms with Crippen LogP contribution >= 0.6 is 0 Å². The summed E-state index contributed by atoms with van der Waals surface area (Å²) in [6.45, 7) is 1.49. The van der Waals surface area contributed by atoms with Gasteiger partial charge in [0.2, 0.25) is 5.91 Å². The highest BCUT2D eigenvalue weighted by Crippen LogP contribution is 2.41. The van der Waals surface area contributed by atoms with Crippen molar-refractivity contribution in [1.29, 1.82) is 0 Å². The minimum absolute atomic E-state index is 0.00849. The number of amides is 4. The monoisotopic (exact) mass is 411 g/mol. The molecule has 0 radical (unpaired) electrons. The number of carbonyl (C=O) groups is 3. The summed E-state index contributed by atoms with van der Waals surface area (Å²) in [7, 11) is 0. The van der Waals surface area contributed by atoms with Crippen LogP contribution < -0.4 is 10.6 Å². The van der Waals surface area contributed by atoms with E-state index in [2.05, 4.69) is 25.3 Å². The highest BCUT2D eigenvalue weighted by atomic mass is 19.3. The molecule has 3 aliphatic rings.